The van der Waals surface area contributed by atoms with Gasteiger partial charge in [0.2, 0.25) is 0 Å². The van der Waals surface area contributed by atoms with Crippen LogP contribution in [0.15, 0.2) is 54.6 Å². The van der Waals surface area contributed by atoms with E-state index in [2.05, 4.69) is 0 Å². The summed E-state index contributed by atoms with van der Waals surface area (Å²) in [4.78, 5) is 25.2. The Balaban J connectivity index is 2.04. The summed E-state index contributed by atoms with van der Waals surface area (Å²) in [6, 6.07) is 14.0. The van der Waals surface area contributed by atoms with Crippen molar-refractivity contribution >= 4 is 28.9 Å². The summed E-state index contributed by atoms with van der Waals surface area (Å²) in [5.41, 5.74) is 2.14. The Morgan fingerprint density at radius 3 is 2.54 bits per heavy atom. The second kappa shape index (κ2) is 7.75. The summed E-state index contributed by atoms with van der Waals surface area (Å²) >= 11 is 5.97. The molecule has 0 aliphatic heterocycles. The fourth-order valence-corrected chi connectivity index (χ4v) is 3.47. The summed E-state index contributed by atoms with van der Waals surface area (Å²) in [6.07, 6.45) is 1.89. The van der Waals surface area contributed by atoms with Gasteiger partial charge in [0.15, 0.2) is 5.78 Å². The number of esters is 1. The molecule has 0 heterocycles. The molecule has 0 saturated heterocycles. The van der Waals surface area contributed by atoms with Crippen LogP contribution in [0.5, 0.6) is 5.75 Å². The van der Waals surface area contributed by atoms with Gasteiger partial charge in [0.1, 0.15) is 11.7 Å². The summed E-state index contributed by atoms with van der Waals surface area (Å²) in [5.74, 6) is -2.00. The maximum absolute atomic E-state index is 12.8. The van der Waals surface area contributed by atoms with Gasteiger partial charge in [-0.15, -0.1) is 0 Å². The molecule has 0 radical (unpaired) electrons. The molecule has 4 nitrogen and oxygen atoms in total. The quantitative estimate of drug-likeness (QED) is 0.641. The maximum Gasteiger partial charge on any atom is 0.317 e. The Hall–Kier alpha value is -2.59. The van der Waals surface area contributed by atoms with Gasteiger partial charge in [-0.2, -0.15) is 0 Å². The molecule has 134 valence electrons. The van der Waals surface area contributed by atoms with Crippen LogP contribution < -0.4 is 0 Å². The van der Waals surface area contributed by atoms with E-state index in [0.29, 0.717) is 22.6 Å². The van der Waals surface area contributed by atoms with Crippen LogP contribution in [0, 0.1) is 5.92 Å². The van der Waals surface area contributed by atoms with Crippen LogP contribution in [0.2, 0.25) is 5.02 Å². The van der Waals surface area contributed by atoms with Gasteiger partial charge in [0.05, 0.1) is 6.61 Å². The smallest absolute Gasteiger partial charge is 0.317 e. The van der Waals surface area contributed by atoms with Crippen molar-refractivity contribution in [3.8, 4) is 5.75 Å². The van der Waals surface area contributed by atoms with Crippen molar-refractivity contribution in [1.29, 1.82) is 0 Å². The first-order chi connectivity index (χ1) is 12.5. The highest BCUT2D eigenvalue weighted by molar-refractivity contribution is 6.30. The van der Waals surface area contributed by atoms with Gasteiger partial charge in [0, 0.05) is 16.5 Å². The van der Waals surface area contributed by atoms with Crippen LogP contribution in [0.1, 0.15) is 30.4 Å². The van der Waals surface area contributed by atoms with Crippen molar-refractivity contribution in [3.63, 3.8) is 0 Å². The lowest BCUT2D eigenvalue weighted by Crippen LogP contribution is -2.34. The molecule has 26 heavy (non-hydrogen) atoms. The van der Waals surface area contributed by atoms with E-state index >= 15 is 0 Å². The molecule has 2 unspecified atom stereocenters. The highest BCUT2D eigenvalue weighted by atomic mass is 35.5. The van der Waals surface area contributed by atoms with Crippen molar-refractivity contribution in [3.05, 3.63) is 70.8 Å². The Morgan fingerprint density at radius 1 is 1.19 bits per heavy atom. The molecule has 3 rings (SSSR count). The number of hydrogen-bond acceptors (Lipinski definition) is 4. The van der Waals surface area contributed by atoms with E-state index in [4.69, 9.17) is 16.3 Å². The first-order valence-electron chi connectivity index (χ1n) is 8.46. The number of ether oxygens (including phenoxy) is 1. The number of carbonyl (C=O) groups excluding carboxylic acids is 2. The lowest BCUT2D eigenvalue weighted by molar-refractivity contribution is -0.151. The minimum Gasteiger partial charge on any atom is -0.507 e. The average Bonchev–Trinajstić information content (AvgIpc) is 2.62. The number of para-hydroxylation sites is 1. The normalized spacial score (nSPS) is 19.8. The van der Waals surface area contributed by atoms with E-state index < -0.39 is 11.9 Å². The standard InChI is InChI=1S/C21H19ClO4/c1-2-26-21(25)20-17(13-7-9-15(22)10-8-13)11-14(12-19(20)24)16-5-3-4-6-18(16)23/h3-10,12,17,20,23H,2,11H2,1H3. The summed E-state index contributed by atoms with van der Waals surface area (Å²) in [5, 5.41) is 10.7. The second-order valence-corrected chi connectivity index (χ2v) is 6.62. The summed E-state index contributed by atoms with van der Waals surface area (Å²) in [6.45, 7) is 1.93. The lowest BCUT2D eigenvalue weighted by atomic mass is 9.73. The van der Waals surface area contributed by atoms with Crippen LogP contribution >= 0.6 is 11.6 Å². The topological polar surface area (TPSA) is 63.6 Å². The fraction of sp³-hybridized carbons (Fsp3) is 0.238. The third kappa shape index (κ3) is 3.65. The minimum absolute atomic E-state index is 0.107. The Bertz CT molecular complexity index is 855. The van der Waals surface area contributed by atoms with Crippen molar-refractivity contribution in [2.24, 2.45) is 5.92 Å². The van der Waals surface area contributed by atoms with Crippen LogP contribution in [-0.2, 0) is 14.3 Å². The number of ketones is 1. The monoisotopic (exact) mass is 370 g/mol. The Kier molecular flexibility index (Phi) is 5.43. The number of hydrogen-bond donors (Lipinski definition) is 1. The van der Waals surface area contributed by atoms with Gasteiger partial charge in [-0.25, -0.2) is 0 Å². The average molecular weight is 371 g/mol. The molecule has 0 aromatic heterocycles. The zero-order chi connectivity index (χ0) is 18.7. The predicted molar refractivity (Wildman–Crippen MR) is 100 cm³/mol. The third-order valence-electron chi connectivity index (χ3n) is 4.55. The predicted octanol–water partition coefficient (Wildman–Crippen LogP) is 4.36. The van der Waals surface area contributed by atoms with Gasteiger partial charge in [-0.1, -0.05) is 41.9 Å². The van der Waals surface area contributed by atoms with Crippen molar-refractivity contribution in [2.45, 2.75) is 19.3 Å². The number of allylic oxidation sites excluding steroid dienone is 2. The van der Waals surface area contributed by atoms with E-state index in [0.717, 1.165) is 5.56 Å². The summed E-state index contributed by atoms with van der Waals surface area (Å²) < 4.78 is 5.13. The van der Waals surface area contributed by atoms with E-state index in [9.17, 15) is 14.7 Å². The van der Waals surface area contributed by atoms with E-state index in [-0.39, 0.29) is 24.1 Å². The van der Waals surface area contributed by atoms with Gasteiger partial charge in [0.25, 0.3) is 0 Å². The molecule has 2 aromatic carbocycles. The van der Waals surface area contributed by atoms with Crippen molar-refractivity contribution in [2.75, 3.05) is 6.61 Å². The van der Waals surface area contributed by atoms with Gasteiger partial charge in [-0.3, -0.25) is 9.59 Å². The number of rotatable bonds is 4. The molecular formula is C21H19ClO4. The minimum atomic E-state index is -0.897. The summed E-state index contributed by atoms with van der Waals surface area (Å²) in [7, 11) is 0. The Labute approximate surface area is 157 Å². The zero-order valence-electron chi connectivity index (χ0n) is 14.3. The fourth-order valence-electron chi connectivity index (χ4n) is 3.34. The van der Waals surface area contributed by atoms with Crippen LogP contribution in [0.25, 0.3) is 5.57 Å². The van der Waals surface area contributed by atoms with Crippen LogP contribution in [0.4, 0.5) is 0 Å². The largest absolute Gasteiger partial charge is 0.507 e. The van der Waals surface area contributed by atoms with Crippen molar-refractivity contribution in [1.82, 2.24) is 0 Å². The molecule has 0 bridgehead atoms. The molecule has 0 amide bonds. The molecule has 1 aliphatic rings. The van der Waals surface area contributed by atoms with Gasteiger partial charge >= 0.3 is 5.97 Å². The number of carbonyl (C=O) groups is 2. The molecule has 0 spiro atoms. The SMILES string of the molecule is CCOC(=O)C1C(=O)C=C(c2ccccc2O)CC1c1ccc(Cl)cc1. The molecule has 2 aromatic rings. The van der Waals surface area contributed by atoms with Gasteiger partial charge < -0.3 is 9.84 Å². The first-order valence-corrected chi connectivity index (χ1v) is 8.84. The number of aromatic hydroxyl groups is 1. The molecule has 1 N–H and O–H groups in total. The van der Waals surface area contributed by atoms with E-state index in [1.54, 1.807) is 43.3 Å². The molecular weight excluding hydrogens is 352 g/mol. The number of halogens is 1. The third-order valence-corrected chi connectivity index (χ3v) is 4.81. The number of phenols is 1. The molecule has 0 fully saturated rings. The number of benzene rings is 2. The van der Waals surface area contributed by atoms with Crippen LogP contribution in [-0.4, -0.2) is 23.5 Å². The molecule has 1 aliphatic carbocycles. The first kappa shape index (κ1) is 18.2. The second-order valence-electron chi connectivity index (χ2n) is 6.18. The number of phenolic OH excluding ortho intramolecular Hbond substituents is 1. The van der Waals surface area contributed by atoms with Gasteiger partial charge in [-0.05, 0) is 48.8 Å². The van der Waals surface area contributed by atoms with Crippen LogP contribution in [0.3, 0.4) is 0 Å². The highest BCUT2D eigenvalue weighted by Crippen LogP contribution is 2.42. The van der Waals surface area contributed by atoms with Crippen molar-refractivity contribution < 1.29 is 19.4 Å². The lowest BCUT2D eigenvalue weighted by Gasteiger charge is -2.29. The molecule has 5 heteroatoms. The van der Waals surface area contributed by atoms with E-state index in [1.165, 1.54) is 6.08 Å². The zero-order valence-corrected chi connectivity index (χ0v) is 15.1. The van der Waals surface area contributed by atoms with E-state index in [1.807, 2.05) is 12.1 Å². The highest BCUT2D eigenvalue weighted by Gasteiger charge is 2.40. The maximum atomic E-state index is 12.8. The Morgan fingerprint density at radius 2 is 1.88 bits per heavy atom. The molecule has 2 atom stereocenters. The molecule has 0 saturated carbocycles.